The van der Waals surface area contributed by atoms with Crippen molar-refractivity contribution in [3.63, 3.8) is 0 Å². The van der Waals surface area contributed by atoms with Crippen LogP contribution in [0.5, 0.6) is 0 Å². The number of rotatable bonds is 1. The molecule has 2 nitrogen and oxygen atoms in total. The molecule has 0 aliphatic heterocycles. The summed E-state index contributed by atoms with van der Waals surface area (Å²) in [7, 11) is -1.59. The molecule has 0 aromatic heterocycles. The molecule has 82 valence electrons. The standard InChI is InChI=1S/C13H14O2Si/c1-16(2,3)12-6-4-5-9-10(14)7-8-11(15)13(9)12/h4-8H,1-3H3. The van der Waals surface area contributed by atoms with Gasteiger partial charge >= 0.3 is 0 Å². The quantitative estimate of drug-likeness (QED) is 0.693. The van der Waals surface area contributed by atoms with E-state index in [1.807, 2.05) is 12.1 Å². The maximum Gasteiger partial charge on any atom is 0.186 e. The average molecular weight is 230 g/mol. The molecule has 1 aliphatic rings. The molecule has 3 heteroatoms. The lowest BCUT2D eigenvalue weighted by molar-refractivity contribution is 0.0995. The first-order chi connectivity index (χ1) is 7.41. The molecule has 0 saturated carbocycles. The van der Waals surface area contributed by atoms with Gasteiger partial charge in [-0.05, 0) is 17.3 Å². The summed E-state index contributed by atoms with van der Waals surface area (Å²) in [6, 6.07) is 5.59. The number of allylic oxidation sites excluding steroid dienone is 2. The van der Waals surface area contributed by atoms with Crippen LogP contribution in [0.3, 0.4) is 0 Å². The van der Waals surface area contributed by atoms with E-state index in [1.54, 1.807) is 6.07 Å². The normalized spacial score (nSPS) is 15.2. The lowest BCUT2D eigenvalue weighted by Gasteiger charge is -2.22. The van der Waals surface area contributed by atoms with Crippen LogP contribution in [0.15, 0.2) is 30.4 Å². The molecule has 0 saturated heterocycles. The predicted molar refractivity (Wildman–Crippen MR) is 67.2 cm³/mol. The SMILES string of the molecule is C[Si](C)(C)c1cccc2c1C(=O)C=CC2=O. The highest BCUT2D eigenvalue weighted by molar-refractivity contribution is 6.89. The zero-order valence-electron chi connectivity index (χ0n) is 9.70. The van der Waals surface area contributed by atoms with E-state index in [9.17, 15) is 9.59 Å². The molecule has 0 atom stereocenters. The second-order valence-electron chi connectivity index (χ2n) is 5.04. The maximum atomic E-state index is 11.9. The molecule has 1 aromatic rings. The van der Waals surface area contributed by atoms with Crippen LogP contribution >= 0.6 is 0 Å². The summed E-state index contributed by atoms with van der Waals surface area (Å²) in [5.74, 6) is -0.0951. The van der Waals surface area contributed by atoms with Crippen molar-refractivity contribution in [3.8, 4) is 0 Å². The van der Waals surface area contributed by atoms with Crippen LogP contribution in [0.1, 0.15) is 20.7 Å². The molecule has 2 rings (SSSR count). The van der Waals surface area contributed by atoms with E-state index < -0.39 is 8.07 Å². The molecule has 0 heterocycles. The molecular weight excluding hydrogens is 216 g/mol. The van der Waals surface area contributed by atoms with Crippen molar-refractivity contribution in [1.29, 1.82) is 0 Å². The zero-order chi connectivity index (χ0) is 11.9. The summed E-state index contributed by atoms with van der Waals surface area (Å²) >= 11 is 0. The van der Waals surface area contributed by atoms with Gasteiger partial charge in [0.25, 0.3) is 0 Å². The van der Waals surface area contributed by atoms with Crippen molar-refractivity contribution in [2.75, 3.05) is 0 Å². The molecule has 0 spiro atoms. The van der Waals surface area contributed by atoms with E-state index in [4.69, 9.17) is 0 Å². The Balaban J connectivity index is 2.74. The highest BCUT2D eigenvalue weighted by Gasteiger charge is 2.28. The first-order valence-electron chi connectivity index (χ1n) is 5.31. The minimum absolute atomic E-state index is 0.0346. The Bertz CT molecular complexity index is 507. The summed E-state index contributed by atoms with van der Waals surface area (Å²) in [4.78, 5) is 23.6. The lowest BCUT2D eigenvalue weighted by Crippen LogP contribution is -2.42. The monoisotopic (exact) mass is 230 g/mol. The second kappa shape index (κ2) is 3.52. The molecule has 0 fully saturated rings. The maximum absolute atomic E-state index is 11.9. The van der Waals surface area contributed by atoms with Crippen molar-refractivity contribution in [2.45, 2.75) is 19.6 Å². The summed E-state index contributed by atoms with van der Waals surface area (Å²) in [6.45, 7) is 6.54. The van der Waals surface area contributed by atoms with E-state index in [2.05, 4.69) is 19.6 Å². The summed E-state index contributed by atoms with van der Waals surface area (Å²) < 4.78 is 0. The van der Waals surface area contributed by atoms with Gasteiger partial charge in [0.05, 0.1) is 8.07 Å². The summed E-state index contributed by atoms with van der Waals surface area (Å²) in [5.41, 5.74) is 1.20. The van der Waals surface area contributed by atoms with Gasteiger partial charge in [-0.25, -0.2) is 0 Å². The third kappa shape index (κ3) is 1.67. The van der Waals surface area contributed by atoms with Crippen molar-refractivity contribution in [3.05, 3.63) is 41.5 Å². The second-order valence-corrected chi connectivity index (χ2v) is 10.1. The number of hydrogen-bond acceptors (Lipinski definition) is 2. The molecule has 1 aliphatic carbocycles. The van der Waals surface area contributed by atoms with E-state index in [0.717, 1.165) is 5.19 Å². The Labute approximate surface area is 96.0 Å². The first kappa shape index (κ1) is 11.0. The molecule has 0 unspecified atom stereocenters. The smallest absolute Gasteiger partial charge is 0.186 e. The van der Waals surface area contributed by atoms with Crippen molar-refractivity contribution >= 4 is 24.8 Å². The van der Waals surface area contributed by atoms with E-state index in [1.165, 1.54) is 12.2 Å². The zero-order valence-corrected chi connectivity index (χ0v) is 10.7. The van der Waals surface area contributed by atoms with Gasteiger partial charge in [-0.2, -0.15) is 0 Å². The number of carbonyl (C=O) groups is 2. The Kier molecular flexibility index (Phi) is 2.43. The Morgan fingerprint density at radius 1 is 0.938 bits per heavy atom. The fourth-order valence-electron chi connectivity index (χ4n) is 1.97. The molecule has 0 amide bonds. The fraction of sp³-hybridized carbons (Fsp3) is 0.231. The van der Waals surface area contributed by atoms with Gasteiger partial charge in [0, 0.05) is 11.1 Å². The minimum Gasteiger partial charge on any atom is -0.289 e. The number of hydrogen-bond donors (Lipinski definition) is 0. The number of carbonyl (C=O) groups excluding carboxylic acids is 2. The van der Waals surface area contributed by atoms with Crippen molar-refractivity contribution in [2.24, 2.45) is 0 Å². The van der Waals surface area contributed by atoms with Crippen LogP contribution in [0.4, 0.5) is 0 Å². The summed E-state index contributed by atoms with van der Waals surface area (Å²) in [6.07, 6.45) is 2.74. The molecule has 0 bridgehead atoms. The third-order valence-electron chi connectivity index (χ3n) is 2.77. The Morgan fingerprint density at radius 2 is 1.56 bits per heavy atom. The molecule has 16 heavy (non-hydrogen) atoms. The van der Waals surface area contributed by atoms with Crippen molar-refractivity contribution in [1.82, 2.24) is 0 Å². The minimum atomic E-state index is -1.59. The molecular formula is C13H14O2Si. The highest BCUT2D eigenvalue weighted by atomic mass is 28.3. The average Bonchev–Trinajstić information content (AvgIpc) is 2.22. The van der Waals surface area contributed by atoms with Gasteiger partial charge in [0.1, 0.15) is 0 Å². The highest BCUT2D eigenvalue weighted by Crippen LogP contribution is 2.18. The molecule has 1 aromatic carbocycles. The Morgan fingerprint density at radius 3 is 2.19 bits per heavy atom. The van der Waals surface area contributed by atoms with Crippen molar-refractivity contribution < 1.29 is 9.59 Å². The van der Waals surface area contributed by atoms with Gasteiger partial charge in [0.15, 0.2) is 11.6 Å². The lowest BCUT2D eigenvalue weighted by atomic mass is 9.95. The van der Waals surface area contributed by atoms with Crippen LogP contribution in [-0.4, -0.2) is 19.6 Å². The van der Waals surface area contributed by atoms with Gasteiger partial charge in [0.2, 0.25) is 0 Å². The topological polar surface area (TPSA) is 34.1 Å². The van der Waals surface area contributed by atoms with Gasteiger partial charge in [-0.15, -0.1) is 0 Å². The van der Waals surface area contributed by atoms with E-state index in [-0.39, 0.29) is 11.6 Å². The van der Waals surface area contributed by atoms with Crippen LogP contribution in [0, 0.1) is 0 Å². The van der Waals surface area contributed by atoms with E-state index >= 15 is 0 Å². The molecule has 0 N–H and O–H groups in total. The first-order valence-corrected chi connectivity index (χ1v) is 8.81. The predicted octanol–water partition coefficient (Wildman–Crippen LogP) is 2.17. The fourth-order valence-corrected chi connectivity index (χ4v) is 3.58. The van der Waals surface area contributed by atoms with Gasteiger partial charge in [-0.3, -0.25) is 9.59 Å². The molecule has 0 radical (unpaired) electrons. The van der Waals surface area contributed by atoms with Crippen LogP contribution in [0.2, 0.25) is 19.6 Å². The number of fused-ring (bicyclic) bond motifs is 1. The largest absolute Gasteiger partial charge is 0.289 e. The van der Waals surface area contributed by atoms with Crippen LogP contribution in [0.25, 0.3) is 0 Å². The Hall–Kier alpha value is -1.48. The number of benzene rings is 1. The summed E-state index contributed by atoms with van der Waals surface area (Å²) in [5, 5.41) is 1.08. The number of ketones is 2. The van der Waals surface area contributed by atoms with Gasteiger partial charge < -0.3 is 0 Å². The van der Waals surface area contributed by atoms with Crippen LogP contribution in [-0.2, 0) is 0 Å². The van der Waals surface area contributed by atoms with Crippen LogP contribution < -0.4 is 5.19 Å². The van der Waals surface area contributed by atoms with Gasteiger partial charge in [-0.1, -0.05) is 37.8 Å². The third-order valence-corrected chi connectivity index (χ3v) is 4.80. The van der Waals surface area contributed by atoms with E-state index in [0.29, 0.717) is 11.1 Å².